The summed E-state index contributed by atoms with van der Waals surface area (Å²) in [4.78, 5) is 0.119. The molecule has 0 bridgehead atoms. The molecule has 0 heterocycles. The van der Waals surface area contributed by atoms with E-state index < -0.39 is 10.0 Å². The topological polar surface area (TPSA) is 92.9 Å². The molecule has 0 aliphatic rings. The summed E-state index contributed by atoms with van der Waals surface area (Å²) in [6.45, 7) is 2.23. The van der Waals surface area contributed by atoms with E-state index in [0.717, 1.165) is 12.8 Å². The maximum Gasteiger partial charge on any atom is 0.243 e. The Morgan fingerprint density at radius 1 is 1.35 bits per heavy atom. The van der Waals surface area contributed by atoms with Crippen LogP contribution in [0, 0.1) is 0 Å². The van der Waals surface area contributed by atoms with E-state index in [1.54, 1.807) is 0 Å². The molecule has 0 aliphatic heterocycles. The molecule has 0 aromatic heterocycles. The Hall–Kier alpha value is -1.31. The smallest absolute Gasteiger partial charge is 0.243 e. The number of hydrogen-bond acceptors (Lipinski definition) is 5. The summed E-state index contributed by atoms with van der Waals surface area (Å²) in [5, 5.41) is 9.04. The third-order valence-electron chi connectivity index (χ3n) is 2.95. The van der Waals surface area contributed by atoms with Gasteiger partial charge in [-0.05, 0) is 18.6 Å². The normalized spacial score (nSPS) is 11.8. The van der Waals surface area contributed by atoms with Crippen LogP contribution in [0.5, 0.6) is 5.75 Å². The zero-order chi connectivity index (χ0) is 15.2. The van der Waals surface area contributed by atoms with E-state index in [4.69, 9.17) is 15.6 Å². The number of aliphatic hydroxyl groups is 1. The highest BCUT2D eigenvalue weighted by Gasteiger charge is 2.24. The van der Waals surface area contributed by atoms with Crippen LogP contribution in [0.2, 0.25) is 0 Å². The second-order valence-electron chi connectivity index (χ2n) is 4.39. The molecule has 0 aliphatic carbocycles. The molecule has 0 saturated heterocycles. The van der Waals surface area contributed by atoms with Crippen LogP contribution in [0.15, 0.2) is 23.1 Å². The standard InChI is InChI=1S/C13H22N2O4S/c1-3-4-7-15(8-9-16)20(17,18)11-5-6-12(14)13(10-11)19-2/h5-6,10,16H,3-4,7-9,14H2,1-2H3. The van der Waals surface area contributed by atoms with Crippen molar-refractivity contribution in [2.75, 3.05) is 32.5 Å². The minimum atomic E-state index is -3.65. The third-order valence-corrected chi connectivity index (χ3v) is 4.85. The number of ether oxygens (including phenoxy) is 1. The van der Waals surface area contributed by atoms with Crippen molar-refractivity contribution in [3.8, 4) is 5.75 Å². The van der Waals surface area contributed by atoms with E-state index in [-0.39, 0.29) is 18.0 Å². The molecule has 1 aromatic carbocycles. The number of unbranched alkanes of at least 4 members (excludes halogenated alkanes) is 1. The van der Waals surface area contributed by atoms with Crippen molar-refractivity contribution in [1.29, 1.82) is 0 Å². The lowest BCUT2D eigenvalue weighted by Gasteiger charge is -2.21. The second kappa shape index (κ2) is 7.47. The largest absolute Gasteiger partial charge is 0.495 e. The fourth-order valence-electron chi connectivity index (χ4n) is 1.80. The van der Waals surface area contributed by atoms with Crippen LogP contribution in [0.1, 0.15) is 19.8 Å². The van der Waals surface area contributed by atoms with Gasteiger partial charge in [0.05, 0.1) is 24.3 Å². The lowest BCUT2D eigenvalue weighted by atomic mass is 10.3. The molecule has 0 spiro atoms. The molecule has 114 valence electrons. The monoisotopic (exact) mass is 302 g/mol. The number of nitrogens with two attached hydrogens (primary N) is 1. The van der Waals surface area contributed by atoms with Gasteiger partial charge in [0.25, 0.3) is 0 Å². The Morgan fingerprint density at radius 2 is 2.05 bits per heavy atom. The SMILES string of the molecule is CCCCN(CCO)S(=O)(=O)c1ccc(N)c(OC)c1. The fraction of sp³-hybridized carbons (Fsp3) is 0.538. The van der Waals surface area contributed by atoms with Gasteiger partial charge in [-0.1, -0.05) is 13.3 Å². The first-order valence-electron chi connectivity index (χ1n) is 6.51. The van der Waals surface area contributed by atoms with Crippen LogP contribution >= 0.6 is 0 Å². The number of aliphatic hydroxyl groups excluding tert-OH is 1. The molecule has 0 atom stereocenters. The first-order chi connectivity index (χ1) is 9.47. The average Bonchev–Trinajstić information content (AvgIpc) is 2.43. The number of rotatable bonds is 8. The average molecular weight is 302 g/mol. The lowest BCUT2D eigenvalue weighted by Crippen LogP contribution is -2.34. The van der Waals surface area contributed by atoms with Crippen molar-refractivity contribution >= 4 is 15.7 Å². The van der Waals surface area contributed by atoms with E-state index in [9.17, 15) is 8.42 Å². The van der Waals surface area contributed by atoms with Gasteiger partial charge in [0.15, 0.2) is 0 Å². The van der Waals surface area contributed by atoms with Gasteiger partial charge in [-0.2, -0.15) is 4.31 Å². The van der Waals surface area contributed by atoms with E-state index in [2.05, 4.69) is 0 Å². The maximum atomic E-state index is 12.5. The minimum Gasteiger partial charge on any atom is -0.495 e. The molecule has 0 saturated carbocycles. The number of anilines is 1. The number of nitrogen functional groups attached to an aromatic ring is 1. The molecule has 7 heteroatoms. The first kappa shape index (κ1) is 16.7. The predicted octanol–water partition coefficient (Wildman–Crippen LogP) is 1.06. The zero-order valence-corrected chi connectivity index (χ0v) is 12.7. The highest BCUT2D eigenvalue weighted by molar-refractivity contribution is 7.89. The van der Waals surface area contributed by atoms with Crippen LogP contribution in [-0.4, -0.2) is 44.6 Å². The van der Waals surface area contributed by atoms with Gasteiger partial charge in [-0.15, -0.1) is 0 Å². The van der Waals surface area contributed by atoms with Crippen LogP contribution in [0.25, 0.3) is 0 Å². The van der Waals surface area contributed by atoms with Crippen LogP contribution in [0.4, 0.5) is 5.69 Å². The van der Waals surface area contributed by atoms with Gasteiger partial charge < -0.3 is 15.6 Å². The predicted molar refractivity (Wildman–Crippen MR) is 78.2 cm³/mol. The highest BCUT2D eigenvalue weighted by Crippen LogP contribution is 2.26. The molecular weight excluding hydrogens is 280 g/mol. The zero-order valence-electron chi connectivity index (χ0n) is 11.9. The van der Waals surface area contributed by atoms with Crippen LogP contribution < -0.4 is 10.5 Å². The summed E-state index contributed by atoms with van der Waals surface area (Å²) in [5.41, 5.74) is 6.07. The molecular formula is C13H22N2O4S. The lowest BCUT2D eigenvalue weighted by molar-refractivity contribution is 0.252. The quantitative estimate of drug-likeness (QED) is 0.700. The number of sulfonamides is 1. The van der Waals surface area contributed by atoms with E-state index in [1.165, 1.54) is 29.6 Å². The summed E-state index contributed by atoms with van der Waals surface area (Å²) in [6.07, 6.45) is 1.62. The molecule has 20 heavy (non-hydrogen) atoms. The van der Waals surface area contributed by atoms with Gasteiger partial charge in [-0.3, -0.25) is 0 Å². The Bertz CT molecular complexity index is 531. The van der Waals surface area contributed by atoms with E-state index >= 15 is 0 Å². The Kier molecular flexibility index (Phi) is 6.25. The van der Waals surface area contributed by atoms with Crippen molar-refractivity contribution < 1.29 is 18.3 Å². The third kappa shape index (κ3) is 3.84. The molecule has 0 unspecified atom stereocenters. The van der Waals surface area contributed by atoms with E-state index in [1.807, 2.05) is 6.92 Å². The van der Waals surface area contributed by atoms with Gasteiger partial charge in [0, 0.05) is 19.2 Å². The number of hydrogen-bond donors (Lipinski definition) is 2. The van der Waals surface area contributed by atoms with Crippen molar-refractivity contribution in [2.24, 2.45) is 0 Å². The number of nitrogens with zero attached hydrogens (tertiary/aromatic N) is 1. The highest BCUT2D eigenvalue weighted by atomic mass is 32.2. The molecule has 3 N–H and O–H groups in total. The molecule has 0 amide bonds. The first-order valence-corrected chi connectivity index (χ1v) is 7.95. The number of benzene rings is 1. The number of methoxy groups -OCH3 is 1. The van der Waals surface area contributed by atoms with Crippen molar-refractivity contribution in [2.45, 2.75) is 24.7 Å². The Labute approximate surface area is 120 Å². The van der Waals surface area contributed by atoms with Crippen molar-refractivity contribution in [3.05, 3.63) is 18.2 Å². The summed E-state index contributed by atoms with van der Waals surface area (Å²) in [6, 6.07) is 4.35. The van der Waals surface area contributed by atoms with E-state index in [0.29, 0.717) is 18.0 Å². The van der Waals surface area contributed by atoms with Gasteiger partial charge >= 0.3 is 0 Å². The summed E-state index contributed by atoms with van der Waals surface area (Å²) < 4.78 is 31.4. The Balaban J connectivity index is 3.11. The van der Waals surface area contributed by atoms with Crippen molar-refractivity contribution in [3.63, 3.8) is 0 Å². The van der Waals surface area contributed by atoms with Gasteiger partial charge in [0.2, 0.25) is 10.0 Å². The van der Waals surface area contributed by atoms with Crippen LogP contribution in [-0.2, 0) is 10.0 Å². The molecule has 1 rings (SSSR count). The molecule has 6 nitrogen and oxygen atoms in total. The molecule has 1 aromatic rings. The Morgan fingerprint density at radius 3 is 2.60 bits per heavy atom. The maximum absolute atomic E-state index is 12.5. The summed E-state index contributed by atoms with van der Waals surface area (Å²) >= 11 is 0. The molecule has 0 radical (unpaired) electrons. The molecule has 0 fully saturated rings. The summed E-state index contributed by atoms with van der Waals surface area (Å²) in [7, 11) is -2.21. The van der Waals surface area contributed by atoms with Gasteiger partial charge in [-0.25, -0.2) is 8.42 Å². The van der Waals surface area contributed by atoms with Gasteiger partial charge in [0.1, 0.15) is 5.75 Å². The summed E-state index contributed by atoms with van der Waals surface area (Å²) in [5.74, 6) is 0.325. The fourth-order valence-corrected chi connectivity index (χ4v) is 3.28. The minimum absolute atomic E-state index is 0.0784. The van der Waals surface area contributed by atoms with Crippen molar-refractivity contribution in [1.82, 2.24) is 4.31 Å². The second-order valence-corrected chi connectivity index (χ2v) is 6.32. The van der Waals surface area contributed by atoms with Crippen LogP contribution in [0.3, 0.4) is 0 Å².